The van der Waals surface area contributed by atoms with Crippen LogP contribution in [0.25, 0.3) is 0 Å². The van der Waals surface area contributed by atoms with Crippen molar-refractivity contribution < 1.29 is 9.90 Å². The van der Waals surface area contributed by atoms with Gasteiger partial charge in [0.15, 0.2) is 0 Å². The fourth-order valence-electron chi connectivity index (χ4n) is 1.23. The lowest BCUT2D eigenvalue weighted by atomic mass is 10.1. The second kappa shape index (κ2) is 6.43. The van der Waals surface area contributed by atoms with Gasteiger partial charge in [-0.1, -0.05) is 0 Å². The van der Waals surface area contributed by atoms with Gasteiger partial charge in [0.2, 0.25) is 5.91 Å². The van der Waals surface area contributed by atoms with Crippen LogP contribution in [0, 0.1) is 11.3 Å². The molecule has 5 heteroatoms. The number of carbonyl (C=O) groups is 1. The second-order valence-electron chi connectivity index (χ2n) is 4.52. The van der Waals surface area contributed by atoms with E-state index in [1.807, 2.05) is 18.2 Å². The van der Waals surface area contributed by atoms with Gasteiger partial charge in [-0.25, -0.2) is 0 Å². The third-order valence-electron chi connectivity index (χ3n) is 2.23. The van der Waals surface area contributed by atoms with Crippen molar-refractivity contribution in [1.82, 2.24) is 5.32 Å². The van der Waals surface area contributed by atoms with E-state index in [2.05, 4.69) is 5.32 Å². The molecular formula is C13H16N2O2S. The minimum Gasteiger partial charge on any atom is -0.394 e. The summed E-state index contributed by atoms with van der Waals surface area (Å²) in [6, 6.07) is 9.11. The molecule has 0 saturated carbocycles. The predicted octanol–water partition coefficient (Wildman–Crippen LogP) is 1.54. The zero-order valence-corrected chi connectivity index (χ0v) is 11.3. The molecule has 1 rings (SSSR count). The van der Waals surface area contributed by atoms with Crippen molar-refractivity contribution in [1.29, 1.82) is 5.26 Å². The number of aliphatic hydroxyl groups excluding tert-OH is 1. The topological polar surface area (TPSA) is 73.1 Å². The molecule has 0 fully saturated rings. The summed E-state index contributed by atoms with van der Waals surface area (Å²) in [7, 11) is 0. The maximum absolute atomic E-state index is 11.6. The highest BCUT2D eigenvalue weighted by Crippen LogP contribution is 2.18. The largest absolute Gasteiger partial charge is 0.394 e. The molecule has 0 spiro atoms. The van der Waals surface area contributed by atoms with E-state index in [-0.39, 0.29) is 18.3 Å². The van der Waals surface area contributed by atoms with Crippen molar-refractivity contribution in [2.24, 2.45) is 0 Å². The predicted molar refractivity (Wildman–Crippen MR) is 71.2 cm³/mol. The monoisotopic (exact) mass is 264 g/mol. The molecule has 0 aliphatic heterocycles. The van der Waals surface area contributed by atoms with E-state index < -0.39 is 5.54 Å². The SMILES string of the molecule is CC(C)(CO)NC(=O)CSc1ccc(C#N)cc1. The molecule has 0 bridgehead atoms. The number of benzene rings is 1. The van der Waals surface area contributed by atoms with Crippen LogP contribution < -0.4 is 5.32 Å². The van der Waals surface area contributed by atoms with Gasteiger partial charge in [-0.2, -0.15) is 5.26 Å². The molecule has 1 aromatic rings. The summed E-state index contributed by atoms with van der Waals surface area (Å²) in [4.78, 5) is 12.6. The third-order valence-corrected chi connectivity index (χ3v) is 3.24. The molecule has 18 heavy (non-hydrogen) atoms. The van der Waals surface area contributed by atoms with Crippen molar-refractivity contribution in [2.45, 2.75) is 24.3 Å². The molecule has 0 aliphatic carbocycles. The van der Waals surface area contributed by atoms with Crippen molar-refractivity contribution in [3.8, 4) is 6.07 Å². The summed E-state index contributed by atoms with van der Waals surface area (Å²) < 4.78 is 0. The Kier molecular flexibility index (Phi) is 5.20. The summed E-state index contributed by atoms with van der Waals surface area (Å²) in [5, 5.41) is 20.4. The first kappa shape index (κ1) is 14.6. The van der Waals surface area contributed by atoms with Crippen molar-refractivity contribution >= 4 is 17.7 Å². The van der Waals surface area contributed by atoms with Gasteiger partial charge >= 0.3 is 0 Å². The smallest absolute Gasteiger partial charge is 0.230 e. The summed E-state index contributed by atoms with van der Waals surface area (Å²) >= 11 is 1.40. The lowest BCUT2D eigenvalue weighted by Gasteiger charge is -2.23. The quantitative estimate of drug-likeness (QED) is 0.791. The molecule has 0 atom stereocenters. The van der Waals surface area contributed by atoms with E-state index in [0.717, 1.165) is 4.90 Å². The van der Waals surface area contributed by atoms with Gasteiger partial charge < -0.3 is 10.4 Å². The molecule has 0 aliphatic rings. The van der Waals surface area contributed by atoms with Gasteiger partial charge in [0.1, 0.15) is 0 Å². The first-order valence-corrected chi connectivity index (χ1v) is 6.50. The summed E-state index contributed by atoms with van der Waals surface area (Å²) in [6.45, 7) is 3.43. The number of carbonyl (C=O) groups excluding carboxylic acids is 1. The zero-order chi connectivity index (χ0) is 13.6. The highest BCUT2D eigenvalue weighted by Gasteiger charge is 2.18. The molecule has 0 unspecified atom stereocenters. The van der Waals surface area contributed by atoms with Gasteiger partial charge in [-0.3, -0.25) is 4.79 Å². The lowest BCUT2D eigenvalue weighted by molar-refractivity contribution is -0.120. The van der Waals surface area contributed by atoms with Crippen LogP contribution in [-0.2, 0) is 4.79 Å². The number of nitrogens with one attached hydrogen (secondary N) is 1. The summed E-state index contributed by atoms with van der Waals surface area (Å²) in [5.74, 6) is 0.165. The molecule has 1 amide bonds. The number of hydrogen-bond acceptors (Lipinski definition) is 4. The average Bonchev–Trinajstić information content (AvgIpc) is 2.36. The number of nitriles is 1. The van der Waals surface area contributed by atoms with Crippen LogP contribution in [0.4, 0.5) is 0 Å². The van der Waals surface area contributed by atoms with E-state index in [9.17, 15) is 4.79 Å². The molecule has 96 valence electrons. The fraction of sp³-hybridized carbons (Fsp3) is 0.385. The first-order valence-electron chi connectivity index (χ1n) is 5.52. The molecule has 0 heterocycles. The van der Waals surface area contributed by atoms with Crippen LogP contribution in [0.5, 0.6) is 0 Å². The molecule has 0 aromatic heterocycles. The standard InChI is InChI=1S/C13H16N2O2S/c1-13(2,9-16)15-12(17)8-18-11-5-3-10(7-14)4-6-11/h3-6,16H,8-9H2,1-2H3,(H,15,17). The van der Waals surface area contributed by atoms with E-state index in [1.54, 1.807) is 26.0 Å². The number of nitrogens with zero attached hydrogens (tertiary/aromatic N) is 1. The number of thioether (sulfide) groups is 1. The summed E-state index contributed by atoms with van der Waals surface area (Å²) in [5.41, 5.74) is 0.00712. The van der Waals surface area contributed by atoms with Gasteiger partial charge in [0, 0.05) is 4.90 Å². The van der Waals surface area contributed by atoms with Crippen molar-refractivity contribution in [2.75, 3.05) is 12.4 Å². The van der Waals surface area contributed by atoms with Crippen LogP contribution in [0.15, 0.2) is 29.2 Å². The lowest BCUT2D eigenvalue weighted by Crippen LogP contribution is -2.47. The van der Waals surface area contributed by atoms with Gasteiger partial charge in [0.05, 0.1) is 29.5 Å². The van der Waals surface area contributed by atoms with E-state index in [4.69, 9.17) is 10.4 Å². The van der Waals surface area contributed by atoms with Gasteiger partial charge in [0.25, 0.3) is 0 Å². The number of aliphatic hydroxyl groups is 1. The Hall–Kier alpha value is -1.51. The molecule has 0 saturated heterocycles. The second-order valence-corrected chi connectivity index (χ2v) is 5.56. The number of amides is 1. The van der Waals surface area contributed by atoms with Crippen LogP contribution in [-0.4, -0.2) is 28.9 Å². The Labute approximate surface area is 111 Å². The molecule has 4 nitrogen and oxygen atoms in total. The minimum atomic E-state index is -0.595. The summed E-state index contributed by atoms with van der Waals surface area (Å²) in [6.07, 6.45) is 0. The first-order chi connectivity index (χ1) is 8.46. The minimum absolute atomic E-state index is 0.0970. The van der Waals surface area contributed by atoms with Gasteiger partial charge in [-0.05, 0) is 38.1 Å². The van der Waals surface area contributed by atoms with Crippen LogP contribution in [0.1, 0.15) is 19.4 Å². The van der Waals surface area contributed by atoms with Gasteiger partial charge in [-0.15, -0.1) is 11.8 Å². The fourth-order valence-corrected chi connectivity index (χ4v) is 1.93. The molecular weight excluding hydrogens is 248 g/mol. The van der Waals surface area contributed by atoms with Crippen LogP contribution in [0.2, 0.25) is 0 Å². The van der Waals surface area contributed by atoms with E-state index in [1.165, 1.54) is 11.8 Å². The van der Waals surface area contributed by atoms with Crippen LogP contribution in [0.3, 0.4) is 0 Å². The maximum atomic E-state index is 11.6. The Morgan fingerprint density at radius 2 is 2.06 bits per heavy atom. The normalized spacial score (nSPS) is 10.8. The highest BCUT2D eigenvalue weighted by atomic mass is 32.2. The Bertz CT molecular complexity index is 449. The van der Waals surface area contributed by atoms with Crippen molar-refractivity contribution in [3.63, 3.8) is 0 Å². The number of rotatable bonds is 5. The Balaban J connectivity index is 2.45. The zero-order valence-electron chi connectivity index (χ0n) is 10.4. The molecule has 0 radical (unpaired) electrons. The Morgan fingerprint density at radius 3 is 2.56 bits per heavy atom. The third kappa shape index (κ3) is 4.78. The van der Waals surface area contributed by atoms with Crippen LogP contribution >= 0.6 is 11.8 Å². The molecule has 2 N–H and O–H groups in total. The number of hydrogen-bond donors (Lipinski definition) is 2. The maximum Gasteiger partial charge on any atom is 0.230 e. The van der Waals surface area contributed by atoms with E-state index in [0.29, 0.717) is 5.56 Å². The Morgan fingerprint density at radius 1 is 1.44 bits per heavy atom. The van der Waals surface area contributed by atoms with Crippen molar-refractivity contribution in [3.05, 3.63) is 29.8 Å². The average molecular weight is 264 g/mol. The highest BCUT2D eigenvalue weighted by molar-refractivity contribution is 8.00. The van der Waals surface area contributed by atoms with E-state index >= 15 is 0 Å². The molecule has 1 aromatic carbocycles.